The topological polar surface area (TPSA) is 26.3 Å². The summed E-state index contributed by atoms with van der Waals surface area (Å²) in [4.78, 5) is 10.9. The zero-order valence-electron chi connectivity index (χ0n) is 6.89. The van der Waals surface area contributed by atoms with E-state index in [9.17, 15) is 4.79 Å². The van der Waals surface area contributed by atoms with Crippen LogP contribution in [0.3, 0.4) is 0 Å². The summed E-state index contributed by atoms with van der Waals surface area (Å²) in [5.41, 5.74) is 0. The smallest absolute Gasteiger partial charge is 0.309 e. The second-order valence-electron chi connectivity index (χ2n) is 2.36. The molecule has 1 atom stereocenters. The van der Waals surface area contributed by atoms with Crippen LogP contribution >= 0.6 is 0 Å². The van der Waals surface area contributed by atoms with Crippen LogP contribution in [0.4, 0.5) is 0 Å². The third-order valence-electron chi connectivity index (χ3n) is 1.36. The molecule has 0 amide bonds. The first-order valence-corrected chi connectivity index (χ1v) is 3.70. The van der Waals surface area contributed by atoms with Crippen molar-refractivity contribution in [2.24, 2.45) is 5.92 Å². The molecule has 0 rings (SSSR count). The molecule has 0 bridgehead atoms. The van der Waals surface area contributed by atoms with E-state index in [4.69, 9.17) is 4.74 Å². The monoisotopic (exact) mass is 143 g/mol. The van der Waals surface area contributed by atoms with Gasteiger partial charge in [0.2, 0.25) is 0 Å². The molecule has 1 unspecified atom stereocenters. The number of esters is 1. The number of rotatable bonds is 4. The summed E-state index contributed by atoms with van der Waals surface area (Å²) in [5.74, 6) is -0.0782. The van der Waals surface area contributed by atoms with Crippen LogP contribution < -0.4 is 0 Å². The summed E-state index contributed by atoms with van der Waals surface area (Å²) in [7, 11) is 0. The van der Waals surface area contributed by atoms with E-state index < -0.39 is 0 Å². The van der Waals surface area contributed by atoms with Crippen LogP contribution in [0.1, 0.15) is 33.6 Å². The Balaban J connectivity index is 3.49. The van der Waals surface area contributed by atoms with Crippen molar-refractivity contribution < 1.29 is 9.53 Å². The average Bonchev–Trinajstić information content (AvgIpc) is 1.89. The minimum absolute atomic E-state index is 0.0428. The zero-order chi connectivity index (χ0) is 7.98. The van der Waals surface area contributed by atoms with E-state index in [1.54, 1.807) is 6.92 Å². The predicted molar refractivity (Wildman–Crippen MR) is 40.1 cm³/mol. The van der Waals surface area contributed by atoms with Crippen LogP contribution in [0.15, 0.2) is 0 Å². The van der Waals surface area contributed by atoms with Crippen molar-refractivity contribution in [3.05, 3.63) is 6.61 Å². The third kappa shape index (κ3) is 3.49. The van der Waals surface area contributed by atoms with E-state index >= 15 is 0 Å². The van der Waals surface area contributed by atoms with Gasteiger partial charge >= 0.3 is 5.97 Å². The molecular formula is C8H15O2. The average molecular weight is 143 g/mol. The number of carbonyl (C=O) groups is 1. The van der Waals surface area contributed by atoms with E-state index in [-0.39, 0.29) is 11.9 Å². The molecule has 59 valence electrons. The van der Waals surface area contributed by atoms with Crippen molar-refractivity contribution in [3.63, 3.8) is 0 Å². The number of ether oxygens (including phenoxy) is 1. The summed E-state index contributed by atoms with van der Waals surface area (Å²) in [6.45, 7) is 7.07. The molecule has 2 heteroatoms. The van der Waals surface area contributed by atoms with Crippen LogP contribution in [0.5, 0.6) is 0 Å². The quantitative estimate of drug-likeness (QED) is 0.563. The standard InChI is InChI=1S/C8H15O2/c1-4-6-7(3)8(9)10-5-2/h5,7H,4,6H2,1-3H3. The fourth-order valence-electron chi connectivity index (χ4n) is 0.783. The minimum Gasteiger partial charge on any atom is -0.459 e. The molecular weight excluding hydrogens is 128 g/mol. The van der Waals surface area contributed by atoms with Gasteiger partial charge in [0.15, 0.2) is 0 Å². The van der Waals surface area contributed by atoms with Gasteiger partial charge in [-0.3, -0.25) is 4.79 Å². The van der Waals surface area contributed by atoms with E-state index in [0.29, 0.717) is 0 Å². The molecule has 0 aliphatic heterocycles. The maximum absolute atomic E-state index is 10.9. The van der Waals surface area contributed by atoms with E-state index in [0.717, 1.165) is 12.8 Å². The lowest BCUT2D eigenvalue weighted by atomic mass is 10.1. The fourth-order valence-corrected chi connectivity index (χ4v) is 0.783. The summed E-state index contributed by atoms with van der Waals surface area (Å²) >= 11 is 0. The lowest BCUT2D eigenvalue weighted by Crippen LogP contribution is -2.12. The molecule has 0 aromatic rings. The Morgan fingerprint density at radius 1 is 1.70 bits per heavy atom. The molecule has 0 aromatic heterocycles. The van der Waals surface area contributed by atoms with Crippen molar-refractivity contribution in [3.8, 4) is 0 Å². The summed E-state index contributed by atoms with van der Waals surface area (Å²) in [5, 5.41) is 0. The first kappa shape index (κ1) is 9.47. The summed E-state index contributed by atoms with van der Waals surface area (Å²) < 4.78 is 4.69. The highest BCUT2D eigenvalue weighted by Gasteiger charge is 2.11. The summed E-state index contributed by atoms with van der Waals surface area (Å²) in [6, 6.07) is 0. The molecule has 0 heterocycles. The number of hydrogen-bond donors (Lipinski definition) is 0. The van der Waals surface area contributed by atoms with Gasteiger partial charge in [-0.2, -0.15) is 0 Å². The third-order valence-corrected chi connectivity index (χ3v) is 1.36. The molecule has 0 saturated carbocycles. The maximum atomic E-state index is 10.9. The van der Waals surface area contributed by atoms with Crippen LogP contribution in [0.25, 0.3) is 0 Å². The normalized spacial score (nSPS) is 12.7. The molecule has 0 aliphatic carbocycles. The number of hydrogen-bond acceptors (Lipinski definition) is 2. The van der Waals surface area contributed by atoms with Crippen LogP contribution in [0.2, 0.25) is 0 Å². The Labute approximate surface area is 62.6 Å². The van der Waals surface area contributed by atoms with Gasteiger partial charge in [0.05, 0.1) is 5.92 Å². The Morgan fingerprint density at radius 3 is 2.70 bits per heavy atom. The second-order valence-corrected chi connectivity index (χ2v) is 2.36. The molecule has 0 aliphatic rings. The van der Waals surface area contributed by atoms with E-state index in [1.165, 1.54) is 6.61 Å². The number of carbonyl (C=O) groups excluding carboxylic acids is 1. The van der Waals surface area contributed by atoms with Gasteiger partial charge in [-0.1, -0.05) is 20.3 Å². The van der Waals surface area contributed by atoms with E-state index in [2.05, 4.69) is 6.92 Å². The lowest BCUT2D eigenvalue weighted by Gasteiger charge is -2.07. The van der Waals surface area contributed by atoms with Gasteiger partial charge in [-0.05, 0) is 13.3 Å². The van der Waals surface area contributed by atoms with Crippen molar-refractivity contribution in [1.82, 2.24) is 0 Å². The lowest BCUT2D eigenvalue weighted by molar-refractivity contribution is -0.144. The van der Waals surface area contributed by atoms with Gasteiger partial charge in [0, 0.05) is 0 Å². The predicted octanol–water partition coefficient (Wildman–Crippen LogP) is 2.15. The maximum Gasteiger partial charge on any atom is 0.309 e. The second kappa shape index (κ2) is 5.27. The molecule has 0 N–H and O–H groups in total. The molecule has 1 radical (unpaired) electrons. The molecule has 2 nitrogen and oxygen atoms in total. The minimum atomic E-state index is -0.121. The Bertz CT molecular complexity index is 99.4. The highest BCUT2D eigenvalue weighted by atomic mass is 16.5. The fraction of sp³-hybridized carbons (Fsp3) is 0.750. The van der Waals surface area contributed by atoms with Gasteiger partial charge in [0.25, 0.3) is 0 Å². The van der Waals surface area contributed by atoms with Gasteiger partial charge < -0.3 is 4.74 Å². The molecule has 0 spiro atoms. The highest BCUT2D eigenvalue weighted by molar-refractivity contribution is 5.72. The van der Waals surface area contributed by atoms with Gasteiger partial charge in [-0.15, -0.1) is 0 Å². The van der Waals surface area contributed by atoms with Crippen molar-refractivity contribution in [2.75, 3.05) is 0 Å². The highest BCUT2D eigenvalue weighted by Crippen LogP contribution is 2.07. The molecule has 0 aromatic carbocycles. The Hall–Kier alpha value is -0.530. The van der Waals surface area contributed by atoms with Crippen LogP contribution in [-0.4, -0.2) is 5.97 Å². The van der Waals surface area contributed by atoms with E-state index in [1.807, 2.05) is 6.92 Å². The zero-order valence-corrected chi connectivity index (χ0v) is 6.89. The van der Waals surface area contributed by atoms with Gasteiger partial charge in [-0.25, -0.2) is 0 Å². The molecule has 0 saturated heterocycles. The Morgan fingerprint density at radius 2 is 2.30 bits per heavy atom. The molecule has 10 heavy (non-hydrogen) atoms. The van der Waals surface area contributed by atoms with Crippen molar-refractivity contribution in [2.45, 2.75) is 33.6 Å². The molecule has 0 fully saturated rings. The van der Waals surface area contributed by atoms with Crippen molar-refractivity contribution >= 4 is 5.97 Å². The van der Waals surface area contributed by atoms with Crippen LogP contribution in [0, 0.1) is 12.5 Å². The van der Waals surface area contributed by atoms with Crippen molar-refractivity contribution in [1.29, 1.82) is 0 Å². The van der Waals surface area contributed by atoms with Crippen LogP contribution in [-0.2, 0) is 9.53 Å². The Kier molecular flexibility index (Phi) is 4.99. The largest absolute Gasteiger partial charge is 0.459 e. The first-order chi connectivity index (χ1) is 4.72. The summed E-state index contributed by atoms with van der Waals surface area (Å²) in [6.07, 6.45) is 1.94. The van der Waals surface area contributed by atoms with Gasteiger partial charge in [0.1, 0.15) is 6.61 Å². The first-order valence-electron chi connectivity index (χ1n) is 3.70. The SMILES string of the molecule is C[CH]OC(=O)C(C)CCC.